The van der Waals surface area contributed by atoms with Crippen LogP contribution in [0.25, 0.3) is 0 Å². The molecule has 0 saturated carbocycles. The minimum Gasteiger partial charge on any atom is -0.512 e. The first-order valence-corrected chi connectivity index (χ1v) is 9.48. The minimum absolute atomic E-state index is 0.121. The highest BCUT2D eigenvalue weighted by molar-refractivity contribution is 5.92. The lowest BCUT2D eigenvalue weighted by Gasteiger charge is -2.40. The van der Waals surface area contributed by atoms with Gasteiger partial charge in [-0.1, -0.05) is 65.0 Å². The van der Waals surface area contributed by atoms with Gasteiger partial charge in [0, 0.05) is 12.3 Å². The third-order valence-electron chi connectivity index (χ3n) is 4.85. The molecule has 0 aromatic heterocycles. The molecule has 3 nitrogen and oxygen atoms in total. The lowest BCUT2D eigenvalue weighted by Crippen LogP contribution is -2.43. The van der Waals surface area contributed by atoms with Crippen LogP contribution in [0.15, 0.2) is 41.7 Å². The van der Waals surface area contributed by atoms with E-state index < -0.39 is 5.60 Å². The van der Waals surface area contributed by atoms with Gasteiger partial charge < -0.3 is 9.84 Å². The fraction of sp³-hybridized carbons (Fsp3) is 0.591. The van der Waals surface area contributed by atoms with Crippen LogP contribution in [0.1, 0.15) is 71.8 Å². The molecule has 0 aliphatic carbocycles. The normalized spacial score (nSPS) is 18.6. The molecule has 25 heavy (non-hydrogen) atoms. The summed E-state index contributed by atoms with van der Waals surface area (Å²) in [5.41, 5.74) is 0.905. The van der Waals surface area contributed by atoms with Crippen LogP contribution in [0.3, 0.4) is 0 Å². The van der Waals surface area contributed by atoms with Gasteiger partial charge in [-0.15, -0.1) is 0 Å². The van der Waals surface area contributed by atoms with Crippen LogP contribution >= 0.6 is 0 Å². The van der Waals surface area contributed by atoms with Gasteiger partial charge in [0.05, 0.1) is 5.57 Å². The number of carbonyl (C=O) groups excluding carboxylic acids is 1. The molecule has 1 heterocycles. The summed E-state index contributed by atoms with van der Waals surface area (Å²) >= 11 is 0. The Labute approximate surface area is 152 Å². The molecule has 1 N–H and O–H groups in total. The number of ether oxygens (including phenoxy) is 1. The molecule has 2 rings (SSSR count). The molecule has 1 aliphatic rings. The molecule has 138 valence electrons. The predicted octanol–water partition coefficient (Wildman–Crippen LogP) is 5.77. The predicted molar refractivity (Wildman–Crippen MR) is 101 cm³/mol. The van der Waals surface area contributed by atoms with Crippen LogP contribution in [0, 0.1) is 11.8 Å². The summed E-state index contributed by atoms with van der Waals surface area (Å²) in [6.45, 7) is 10.6. The third-order valence-corrected chi connectivity index (χ3v) is 4.85. The van der Waals surface area contributed by atoms with E-state index in [0.29, 0.717) is 23.8 Å². The van der Waals surface area contributed by atoms with Crippen LogP contribution in [-0.4, -0.2) is 16.7 Å². The van der Waals surface area contributed by atoms with Crippen LogP contribution in [0.4, 0.5) is 0 Å². The van der Waals surface area contributed by atoms with Crippen molar-refractivity contribution in [1.82, 2.24) is 0 Å². The summed E-state index contributed by atoms with van der Waals surface area (Å²) < 4.78 is 6.03. The smallest absolute Gasteiger partial charge is 0.338 e. The van der Waals surface area contributed by atoms with E-state index in [0.717, 1.165) is 24.8 Å². The zero-order valence-corrected chi connectivity index (χ0v) is 16.2. The summed E-state index contributed by atoms with van der Waals surface area (Å²) in [6.07, 6.45) is 2.72. The molecule has 1 aromatic rings. The summed E-state index contributed by atoms with van der Waals surface area (Å²) in [4.78, 5) is 12.9. The van der Waals surface area contributed by atoms with E-state index in [2.05, 4.69) is 27.7 Å². The van der Waals surface area contributed by atoms with Gasteiger partial charge in [-0.25, -0.2) is 4.79 Å². The van der Waals surface area contributed by atoms with E-state index in [9.17, 15) is 9.90 Å². The maximum absolute atomic E-state index is 12.9. The van der Waals surface area contributed by atoms with E-state index in [1.807, 2.05) is 37.3 Å². The number of rotatable bonds is 7. The zero-order valence-electron chi connectivity index (χ0n) is 16.2. The number of carbonyl (C=O) groups is 1. The Morgan fingerprint density at radius 3 is 2.08 bits per heavy atom. The molecule has 1 aromatic carbocycles. The SMILES string of the molecule is CCC(C1=C(O)CC(CC(C)C)(CC(C)C)OC1=O)c1ccccc1. The zero-order chi connectivity index (χ0) is 18.6. The number of benzene rings is 1. The summed E-state index contributed by atoms with van der Waals surface area (Å²) in [5, 5.41) is 10.8. The molecule has 0 fully saturated rings. The lowest BCUT2D eigenvalue weighted by molar-refractivity contribution is -0.163. The second-order valence-electron chi connectivity index (χ2n) is 8.18. The van der Waals surface area contributed by atoms with E-state index in [-0.39, 0.29) is 17.6 Å². The fourth-order valence-corrected chi connectivity index (χ4v) is 4.24. The monoisotopic (exact) mass is 344 g/mol. The summed E-state index contributed by atoms with van der Waals surface area (Å²) in [7, 11) is 0. The van der Waals surface area contributed by atoms with Crippen molar-refractivity contribution in [3.05, 3.63) is 47.2 Å². The topological polar surface area (TPSA) is 46.5 Å². The highest BCUT2D eigenvalue weighted by atomic mass is 16.6. The molecule has 0 spiro atoms. The average molecular weight is 344 g/mol. The Balaban J connectivity index is 2.39. The van der Waals surface area contributed by atoms with Crippen LogP contribution in [-0.2, 0) is 9.53 Å². The van der Waals surface area contributed by atoms with Crippen LogP contribution in [0.5, 0.6) is 0 Å². The van der Waals surface area contributed by atoms with Crippen molar-refractivity contribution in [2.75, 3.05) is 0 Å². The number of aliphatic hydroxyl groups excluding tert-OH is 1. The highest BCUT2D eigenvalue weighted by Gasteiger charge is 2.44. The number of aliphatic hydroxyl groups is 1. The summed E-state index contributed by atoms with van der Waals surface area (Å²) in [5.74, 6) is 0.549. The van der Waals surface area contributed by atoms with Gasteiger partial charge in [0.1, 0.15) is 11.4 Å². The van der Waals surface area contributed by atoms with Crippen molar-refractivity contribution in [3.8, 4) is 0 Å². The maximum Gasteiger partial charge on any atom is 0.338 e. The third kappa shape index (κ3) is 4.65. The van der Waals surface area contributed by atoms with E-state index >= 15 is 0 Å². The number of esters is 1. The Bertz CT molecular complexity index is 603. The van der Waals surface area contributed by atoms with E-state index in [4.69, 9.17) is 4.74 Å². The summed E-state index contributed by atoms with van der Waals surface area (Å²) in [6, 6.07) is 9.90. The van der Waals surface area contributed by atoms with Gasteiger partial charge in [-0.3, -0.25) is 0 Å². The first kappa shape index (κ1) is 19.6. The second-order valence-corrected chi connectivity index (χ2v) is 8.18. The molecular formula is C22H32O3. The van der Waals surface area contributed by atoms with E-state index in [1.165, 1.54) is 0 Å². The van der Waals surface area contributed by atoms with Crippen molar-refractivity contribution in [3.63, 3.8) is 0 Å². The second kappa shape index (κ2) is 8.07. The lowest BCUT2D eigenvalue weighted by atomic mass is 9.77. The first-order chi connectivity index (χ1) is 11.8. The Morgan fingerprint density at radius 1 is 1.08 bits per heavy atom. The van der Waals surface area contributed by atoms with E-state index in [1.54, 1.807) is 0 Å². The van der Waals surface area contributed by atoms with Gasteiger partial charge in [0.25, 0.3) is 0 Å². The Hall–Kier alpha value is -1.77. The fourth-order valence-electron chi connectivity index (χ4n) is 4.24. The van der Waals surface area contributed by atoms with Crippen LogP contribution < -0.4 is 0 Å². The van der Waals surface area contributed by atoms with Crippen molar-refractivity contribution < 1.29 is 14.6 Å². The molecule has 1 atom stereocenters. The molecular weight excluding hydrogens is 312 g/mol. The average Bonchev–Trinajstić information content (AvgIpc) is 2.50. The van der Waals surface area contributed by atoms with Crippen molar-refractivity contribution in [1.29, 1.82) is 0 Å². The standard InChI is InChI=1S/C22H32O3/c1-6-18(17-10-8-7-9-11-17)20-19(23)14-22(12-15(2)3,13-16(4)5)25-21(20)24/h7-11,15-16,18,23H,6,12-14H2,1-5H3. The molecule has 0 saturated heterocycles. The Kier molecular flexibility index (Phi) is 6.31. The van der Waals surface area contributed by atoms with Gasteiger partial charge in [0.15, 0.2) is 0 Å². The number of cyclic esters (lactones) is 1. The van der Waals surface area contributed by atoms with Gasteiger partial charge in [-0.05, 0) is 36.7 Å². The largest absolute Gasteiger partial charge is 0.512 e. The molecule has 1 unspecified atom stereocenters. The molecule has 0 bridgehead atoms. The molecule has 1 aliphatic heterocycles. The number of hydrogen-bond acceptors (Lipinski definition) is 3. The quantitative estimate of drug-likeness (QED) is 0.639. The highest BCUT2D eigenvalue weighted by Crippen LogP contribution is 2.43. The minimum atomic E-state index is -0.581. The van der Waals surface area contributed by atoms with Crippen molar-refractivity contribution in [2.45, 2.75) is 71.8 Å². The molecule has 3 heteroatoms. The first-order valence-electron chi connectivity index (χ1n) is 9.48. The van der Waals surface area contributed by atoms with Gasteiger partial charge in [-0.2, -0.15) is 0 Å². The van der Waals surface area contributed by atoms with Crippen molar-refractivity contribution >= 4 is 5.97 Å². The van der Waals surface area contributed by atoms with Gasteiger partial charge in [0.2, 0.25) is 0 Å². The van der Waals surface area contributed by atoms with Crippen molar-refractivity contribution in [2.24, 2.45) is 11.8 Å². The maximum atomic E-state index is 12.9. The van der Waals surface area contributed by atoms with Crippen LogP contribution in [0.2, 0.25) is 0 Å². The Morgan fingerprint density at radius 2 is 1.64 bits per heavy atom. The van der Waals surface area contributed by atoms with Gasteiger partial charge >= 0.3 is 5.97 Å². The number of hydrogen-bond donors (Lipinski definition) is 1. The molecule has 0 amide bonds. The molecule has 0 radical (unpaired) electrons.